The molecule has 1 aromatic heterocycles. The summed E-state index contributed by atoms with van der Waals surface area (Å²) in [5.74, 6) is 0.776. The molecule has 0 aliphatic heterocycles. The average Bonchev–Trinajstić information content (AvgIpc) is 2.60. The van der Waals surface area contributed by atoms with Crippen molar-refractivity contribution in [1.29, 1.82) is 0 Å². The van der Waals surface area contributed by atoms with E-state index in [2.05, 4.69) is 10.3 Å². The fraction of sp³-hybridized carbons (Fsp3) is 0.556. The molecule has 1 rings (SSSR count). The molecule has 0 saturated heterocycles. The number of rotatable bonds is 4. The lowest BCUT2D eigenvalue weighted by Crippen LogP contribution is -2.29. The maximum Gasteiger partial charge on any atom is 0.241 e. The lowest BCUT2D eigenvalue weighted by atomic mass is 10.5. The highest BCUT2D eigenvalue weighted by molar-refractivity contribution is 5.79. The van der Waals surface area contributed by atoms with Crippen LogP contribution in [0.25, 0.3) is 0 Å². The van der Waals surface area contributed by atoms with Gasteiger partial charge < -0.3 is 14.8 Å². The minimum absolute atomic E-state index is 0.0376. The molecular weight excluding hydrogens is 180 g/mol. The van der Waals surface area contributed by atoms with Gasteiger partial charge in [0.1, 0.15) is 0 Å². The van der Waals surface area contributed by atoms with E-state index >= 15 is 0 Å². The van der Waals surface area contributed by atoms with E-state index in [9.17, 15) is 4.79 Å². The fourth-order valence-corrected chi connectivity index (χ4v) is 1.04. The maximum atomic E-state index is 11.3. The van der Waals surface area contributed by atoms with E-state index in [1.54, 1.807) is 25.2 Å². The Morgan fingerprint density at radius 3 is 2.93 bits per heavy atom. The van der Waals surface area contributed by atoms with E-state index in [0.29, 0.717) is 0 Å². The molecule has 0 unspecified atom stereocenters. The molecule has 0 radical (unpaired) electrons. The largest absolute Gasteiger partial charge is 0.347 e. The molecule has 0 fully saturated rings. The molecule has 78 valence electrons. The van der Waals surface area contributed by atoms with Gasteiger partial charge in [0.25, 0.3) is 0 Å². The number of nitrogens with zero attached hydrogens (tertiary/aromatic N) is 3. The van der Waals surface area contributed by atoms with Gasteiger partial charge in [0, 0.05) is 33.0 Å². The zero-order chi connectivity index (χ0) is 10.6. The number of aromatic nitrogens is 2. The van der Waals surface area contributed by atoms with Gasteiger partial charge >= 0.3 is 0 Å². The Hall–Kier alpha value is -1.52. The molecule has 0 atom stereocenters. The number of amides is 1. The van der Waals surface area contributed by atoms with E-state index in [-0.39, 0.29) is 12.5 Å². The zero-order valence-electron chi connectivity index (χ0n) is 8.82. The molecular formula is C9H16N4O. The van der Waals surface area contributed by atoms with Gasteiger partial charge in [-0.1, -0.05) is 0 Å². The van der Waals surface area contributed by atoms with Crippen molar-refractivity contribution < 1.29 is 4.79 Å². The molecule has 0 bridgehead atoms. The SMILES string of the molecule is CCn1ccnc1NCC(=O)N(C)C. The Kier molecular flexibility index (Phi) is 3.50. The van der Waals surface area contributed by atoms with E-state index < -0.39 is 0 Å². The van der Waals surface area contributed by atoms with Crippen LogP contribution in [0, 0.1) is 0 Å². The Bertz CT molecular complexity index is 306. The number of anilines is 1. The molecule has 0 spiro atoms. The molecule has 1 amide bonds. The minimum atomic E-state index is 0.0376. The Morgan fingerprint density at radius 2 is 2.36 bits per heavy atom. The second kappa shape index (κ2) is 4.64. The number of likely N-dealkylation sites (N-methyl/N-ethyl adjacent to an activating group) is 1. The summed E-state index contributed by atoms with van der Waals surface area (Å²) in [7, 11) is 3.46. The van der Waals surface area contributed by atoms with Crippen molar-refractivity contribution in [2.75, 3.05) is 26.0 Å². The van der Waals surface area contributed by atoms with Gasteiger partial charge in [-0.2, -0.15) is 0 Å². The molecule has 14 heavy (non-hydrogen) atoms. The summed E-state index contributed by atoms with van der Waals surface area (Å²) in [6, 6.07) is 0. The first-order valence-electron chi connectivity index (χ1n) is 4.60. The summed E-state index contributed by atoms with van der Waals surface area (Å²) in [5, 5.41) is 2.99. The molecule has 5 nitrogen and oxygen atoms in total. The first-order chi connectivity index (χ1) is 6.65. The number of carbonyl (C=O) groups excluding carboxylic acids is 1. The third-order valence-electron chi connectivity index (χ3n) is 1.95. The predicted octanol–water partition coefficient (Wildman–Crippen LogP) is 0.403. The molecule has 5 heteroatoms. The molecule has 1 N–H and O–H groups in total. The maximum absolute atomic E-state index is 11.3. The second-order valence-corrected chi connectivity index (χ2v) is 3.18. The Labute approximate surface area is 83.7 Å². The number of aryl methyl sites for hydroxylation is 1. The third kappa shape index (κ3) is 2.48. The topological polar surface area (TPSA) is 50.2 Å². The fourth-order valence-electron chi connectivity index (χ4n) is 1.04. The summed E-state index contributed by atoms with van der Waals surface area (Å²) in [6.45, 7) is 3.16. The van der Waals surface area contributed by atoms with Crippen LogP contribution in [0.1, 0.15) is 6.92 Å². The van der Waals surface area contributed by atoms with Gasteiger partial charge in [-0.05, 0) is 6.92 Å². The normalized spacial score (nSPS) is 9.93. The van der Waals surface area contributed by atoms with E-state index in [4.69, 9.17) is 0 Å². The summed E-state index contributed by atoms with van der Waals surface area (Å²) in [4.78, 5) is 16.9. The lowest BCUT2D eigenvalue weighted by Gasteiger charge is -2.11. The highest BCUT2D eigenvalue weighted by Crippen LogP contribution is 2.02. The summed E-state index contributed by atoms with van der Waals surface area (Å²) in [6.07, 6.45) is 3.59. The number of hydrogen-bond donors (Lipinski definition) is 1. The van der Waals surface area contributed by atoms with Crippen LogP contribution in [0.2, 0.25) is 0 Å². The minimum Gasteiger partial charge on any atom is -0.347 e. The Morgan fingerprint density at radius 1 is 1.64 bits per heavy atom. The van der Waals surface area contributed by atoms with Gasteiger partial charge in [-0.3, -0.25) is 4.79 Å². The third-order valence-corrected chi connectivity index (χ3v) is 1.95. The van der Waals surface area contributed by atoms with Crippen molar-refractivity contribution in [2.45, 2.75) is 13.5 Å². The van der Waals surface area contributed by atoms with E-state index in [0.717, 1.165) is 12.5 Å². The van der Waals surface area contributed by atoms with Crippen LogP contribution in [0.4, 0.5) is 5.95 Å². The highest BCUT2D eigenvalue weighted by atomic mass is 16.2. The van der Waals surface area contributed by atoms with Crippen LogP contribution in [-0.4, -0.2) is 41.0 Å². The van der Waals surface area contributed by atoms with Crippen molar-refractivity contribution in [3.8, 4) is 0 Å². The highest BCUT2D eigenvalue weighted by Gasteiger charge is 2.05. The van der Waals surface area contributed by atoms with Crippen LogP contribution in [0.5, 0.6) is 0 Å². The van der Waals surface area contributed by atoms with Crippen LogP contribution < -0.4 is 5.32 Å². The van der Waals surface area contributed by atoms with E-state index in [1.165, 1.54) is 0 Å². The van der Waals surface area contributed by atoms with Crippen molar-refractivity contribution in [3.63, 3.8) is 0 Å². The van der Waals surface area contributed by atoms with Crippen molar-refractivity contribution in [1.82, 2.24) is 14.5 Å². The smallest absolute Gasteiger partial charge is 0.241 e. The molecule has 1 heterocycles. The number of hydrogen-bond acceptors (Lipinski definition) is 3. The number of imidazole rings is 1. The van der Waals surface area contributed by atoms with Crippen molar-refractivity contribution in [2.24, 2.45) is 0 Å². The quantitative estimate of drug-likeness (QED) is 0.758. The summed E-state index contributed by atoms with van der Waals surface area (Å²) in [5.41, 5.74) is 0. The van der Waals surface area contributed by atoms with Gasteiger partial charge in [0.15, 0.2) is 0 Å². The first kappa shape index (κ1) is 10.6. The van der Waals surface area contributed by atoms with Gasteiger partial charge in [-0.25, -0.2) is 4.98 Å². The van der Waals surface area contributed by atoms with Crippen molar-refractivity contribution in [3.05, 3.63) is 12.4 Å². The van der Waals surface area contributed by atoms with Crippen molar-refractivity contribution >= 4 is 11.9 Å². The first-order valence-corrected chi connectivity index (χ1v) is 4.60. The Balaban J connectivity index is 2.49. The predicted molar refractivity (Wildman–Crippen MR) is 55.1 cm³/mol. The van der Waals surface area contributed by atoms with Gasteiger partial charge in [0.05, 0.1) is 6.54 Å². The average molecular weight is 196 g/mol. The molecule has 1 aromatic rings. The van der Waals surface area contributed by atoms with Crippen LogP contribution >= 0.6 is 0 Å². The van der Waals surface area contributed by atoms with E-state index in [1.807, 2.05) is 17.7 Å². The molecule has 0 aromatic carbocycles. The van der Waals surface area contributed by atoms with Crippen LogP contribution in [0.3, 0.4) is 0 Å². The van der Waals surface area contributed by atoms with Crippen LogP contribution in [-0.2, 0) is 11.3 Å². The standard InChI is InChI=1S/C9H16N4O/c1-4-13-6-5-10-9(13)11-7-8(14)12(2)3/h5-6H,4,7H2,1-3H3,(H,10,11). The summed E-state index contributed by atoms with van der Waals surface area (Å²) < 4.78 is 1.95. The second-order valence-electron chi connectivity index (χ2n) is 3.18. The van der Waals surface area contributed by atoms with Gasteiger partial charge in [-0.15, -0.1) is 0 Å². The summed E-state index contributed by atoms with van der Waals surface area (Å²) >= 11 is 0. The molecule has 0 aliphatic carbocycles. The molecule has 0 saturated carbocycles. The van der Waals surface area contributed by atoms with Gasteiger partial charge in [0.2, 0.25) is 11.9 Å². The monoisotopic (exact) mass is 196 g/mol. The number of nitrogens with one attached hydrogen (secondary N) is 1. The number of carbonyl (C=O) groups is 1. The molecule has 0 aliphatic rings. The zero-order valence-corrected chi connectivity index (χ0v) is 8.82. The lowest BCUT2D eigenvalue weighted by molar-refractivity contribution is -0.126. The van der Waals surface area contributed by atoms with Crippen LogP contribution in [0.15, 0.2) is 12.4 Å².